The van der Waals surface area contributed by atoms with Crippen LogP contribution in [0.25, 0.3) is 0 Å². The number of hydrogen-bond donors (Lipinski definition) is 2. The van der Waals surface area contributed by atoms with E-state index in [2.05, 4.69) is 37.3 Å². The number of halogens is 3. The minimum absolute atomic E-state index is 0. The first kappa shape index (κ1) is 24.2. The van der Waals surface area contributed by atoms with Crippen molar-refractivity contribution < 1.29 is 13.5 Å². The molecule has 0 aliphatic carbocycles. The van der Waals surface area contributed by atoms with E-state index >= 15 is 0 Å². The number of nitrogens with one attached hydrogen (secondary N) is 2. The third-order valence-corrected chi connectivity index (χ3v) is 4.85. The molecule has 0 saturated carbocycles. The Morgan fingerprint density at radius 1 is 1.33 bits per heavy atom. The van der Waals surface area contributed by atoms with Gasteiger partial charge >= 0.3 is 6.61 Å². The molecule has 2 aromatic rings. The molecule has 2 heterocycles. The van der Waals surface area contributed by atoms with Crippen molar-refractivity contribution >= 4 is 35.6 Å². The van der Waals surface area contributed by atoms with Crippen molar-refractivity contribution in [3.63, 3.8) is 0 Å². The topological polar surface area (TPSA) is 66.7 Å². The molecule has 1 aromatic heterocycles. The van der Waals surface area contributed by atoms with E-state index in [1.54, 1.807) is 25.4 Å². The lowest BCUT2D eigenvalue weighted by atomic mass is 10.2. The Bertz CT molecular complexity index is 789. The number of nitrogens with zero attached hydrogens (tertiary/aromatic N) is 4. The summed E-state index contributed by atoms with van der Waals surface area (Å²) in [6, 6.07) is 8.99. The molecule has 0 spiro atoms. The zero-order valence-corrected chi connectivity index (χ0v) is 19.5. The molecule has 10 heteroatoms. The number of anilines is 1. The van der Waals surface area contributed by atoms with Crippen molar-refractivity contribution in [2.45, 2.75) is 32.5 Å². The van der Waals surface area contributed by atoms with E-state index in [1.807, 2.05) is 29.1 Å². The minimum atomic E-state index is -2.83. The standard InChI is InChI=1S/C20H28F2N6O.HI/c1-15(13-28-10-5-9-25-28)12-24-20(23-2)26-16-8-11-27(14-16)17-6-3-4-7-18(17)29-19(21)22;/h3-7,9-10,15-16,19H,8,11-14H2,1-2H3,(H2,23,24,26);1H. The van der Waals surface area contributed by atoms with E-state index in [1.165, 1.54) is 0 Å². The van der Waals surface area contributed by atoms with Gasteiger partial charge in [-0.25, -0.2) is 0 Å². The maximum absolute atomic E-state index is 12.7. The van der Waals surface area contributed by atoms with Crippen LogP contribution in [0.4, 0.5) is 14.5 Å². The van der Waals surface area contributed by atoms with Gasteiger partial charge in [-0.3, -0.25) is 9.67 Å². The number of alkyl halides is 2. The number of para-hydroxylation sites is 2. The molecule has 1 aromatic carbocycles. The first-order chi connectivity index (χ1) is 14.0. The molecular formula is C20H29F2IN6O. The van der Waals surface area contributed by atoms with Crippen LogP contribution < -0.4 is 20.3 Å². The maximum atomic E-state index is 12.7. The summed E-state index contributed by atoms with van der Waals surface area (Å²) in [5.41, 5.74) is 0.688. The molecule has 1 fully saturated rings. The van der Waals surface area contributed by atoms with E-state index < -0.39 is 6.61 Å². The Labute approximate surface area is 192 Å². The Morgan fingerprint density at radius 3 is 2.83 bits per heavy atom. The molecule has 1 aliphatic rings. The van der Waals surface area contributed by atoms with Crippen LogP contribution in [0.1, 0.15) is 13.3 Å². The fourth-order valence-corrected chi connectivity index (χ4v) is 3.46. The van der Waals surface area contributed by atoms with Crippen molar-refractivity contribution in [2.75, 3.05) is 31.6 Å². The van der Waals surface area contributed by atoms with Crippen LogP contribution in [0.3, 0.4) is 0 Å². The first-order valence-electron chi connectivity index (χ1n) is 9.78. The maximum Gasteiger partial charge on any atom is 0.387 e. The number of benzene rings is 1. The van der Waals surface area contributed by atoms with Gasteiger partial charge in [0.1, 0.15) is 5.75 Å². The Balaban J connectivity index is 0.00000320. The van der Waals surface area contributed by atoms with Crippen molar-refractivity contribution in [2.24, 2.45) is 10.9 Å². The molecule has 1 aliphatic heterocycles. The van der Waals surface area contributed by atoms with Crippen LogP contribution >= 0.6 is 24.0 Å². The number of ether oxygens (including phenoxy) is 1. The first-order valence-corrected chi connectivity index (χ1v) is 9.78. The average molecular weight is 534 g/mol. The average Bonchev–Trinajstić information content (AvgIpc) is 3.37. The van der Waals surface area contributed by atoms with Gasteiger partial charge in [-0.1, -0.05) is 19.1 Å². The van der Waals surface area contributed by atoms with Crippen molar-refractivity contribution in [1.29, 1.82) is 0 Å². The Hall–Kier alpha value is -2.11. The van der Waals surface area contributed by atoms with Crippen LogP contribution in [0.15, 0.2) is 47.7 Å². The van der Waals surface area contributed by atoms with Gasteiger partial charge in [0.15, 0.2) is 5.96 Å². The molecule has 0 radical (unpaired) electrons. The van der Waals surface area contributed by atoms with E-state index in [0.717, 1.165) is 32.0 Å². The quantitative estimate of drug-likeness (QED) is 0.310. The number of hydrogen-bond acceptors (Lipinski definition) is 4. The molecule has 3 rings (SSSR count). The van der Waals surface area contributed by atoms with Gasteiger partial charge < -0.3 is 20.3 Å². The molecule has 2 atom stereocenters. The van der Waals surface area contributed by atoms with E-state index in [9.17, 15) is 8.78 Å². The van der Waals surface area contributed by atoms with Crippen molar-refractivity contribution in [3.8, 4) is 5.75 Å². The highest BCUT2D eigenvalue weighted by molar-refractivity contribution is 14.0. The lowest BCUT2D eigenvalue weighted by molar-refractivity contribution is -0.0495. The summed E-state index contributed by atoms with van der Waals surface area (Å²) in [5.74, 6) is 1.33. The predicted molar refractivity (Wildman–Crippen MR) is 125 cm³/mol. The number of aliphatic imine (C=N–C) groups is 1. The second-order valence-corrected chi connectivity index (χ2v) is 7.21. The van der Waals surface area contributed by atoms with Gasteiger partial charge in [-0.05, 0) is 30.5 Å². The molecule has 30 heavy (non-hydrogen) atoms. The SMILES string of the molecule is CN=C(NCC(C)Cn1cccn1)NC1CCN(c2ccccc2OC(F)F)C1.I. The Morgan fingerprint density at radius 2 is 2.13 bits per heavy atom. The Kier molecular flexibility index (Phi) is 9.60. The van der Waals surface area contributed by atoms with E-state index in [-0.39, 0.29) is 35.8 Å². The molecule has 0 bridgehead atoms. The molecule has 0 amide bonds. The summed E-state index contributed by atoms with van der Waals surface area (Å²) in [5, 5.41) is 11.0. The van der Waals surface area contributed by atoms with Gasteiger partial charge in [0.05, 0.1) is 5.69 Å². The predicted octanol–water partition coefficient (Wildman–Crippen LogP) is 3.18. The largest absolute Gasteiger partial charge is 0.433 e. The van der Waals surface area contributed by atoms with Gasteiger partial charge in [0.25, 0.3) is 0 Å². The normalized spacial score (nSPS) is 17.6. The third-order valence-electron chi connectivity index (χ3n) is 4.85. The van der Waals surface area contributed by atoms with Gasteiger partial charge in [-0.2, -0.15) is 13.9 Å². The van der Waals surface area contributed by atoms with Crippen LogP contribution in [0, 0.1) is 5.92 Å². The van der Waals surface area contributed by atoms with Crippen LogP contribution in [0.2, 0.25) is 0 Å². The minimum Gasteiger partial charge on any atom is -0.433 e. The zero-order chi connectivity index (χ0) is 20.6. The fourth-order valence-electron chi connectivity index (χ4n) is 3.46. The summed E-state index contributed by atoms with van der Waals surface area (Å²) in [7, 11) is 1.74. The summed E-state index contributed by atoms with van der Waals surface area (Å²) >= 11 is 0. The molecule has 2 unspecified atom stereocenters. The smallest absolute Gasteiger partial charge is 0.387 e. The lowest BCUT2D eigenvalue weighted by Gasteiger charge is -2.23. The molecule has 166 valence electrons. The highest BCUT2D eigenvalue weighted by Crippen LogP contribution is 2.31. The number of aromatic nitrogens is 2. The lowest BCUT2D eigenvalue weighted by Crippen LogP contribution is -2.46. The van der Waals surface area contributed by atoms with E-state index in [0.29, 0.717) is 18.2 Å². The molecule has 7 nitrogen and oxygen atoms in total. The molecular weight excluding hydrogens is 505 g/mol. The molecule has 2 N–H and O–H groups in total. The van der Waals surface area contributed by atoms with Crippen molar-refractivity contribution in [3.05, 3.63) is 42.7 Å². The van der Waals surface area contributed by atoms with Crippen LogP contribution in [0.5, 0.6) is 5.75 Å². The van der Waals surface area contributed by atoms with Gasteiger partial charge in [0, 0.05) is 51.7 Å². The van der Waals surface area contributed by atoms with Crippen LogP contribution in [-0.4, -0.2) is 55.1 Å². The number of guanidine groups is 1. The monoisotopic (exact) mass is 534 g/mol. The third kappa shape index (κ3) is 6.99. The van der Waals surface area contributed by atoms with Crippen LogP contribution in [-0.2, 0) is 6.54 Å². The summed E-state index contributed by atoms with van der Waals surface area (Å²) in [6.45, 7) is 2.36. The molecule has 1 saturated heterocycles. The summed E-state index contributed by atoms with van der Waals surface area (Å²) in [6.07, 6.45) is 4.61. The highest BCUT2D eigenvalue weighted by atomic mass is 127. The second-order valence-electron chi connectivity index (χ2n) is 7.21. The van der Waals surface area contributed by atoms with Crippen molar-refractivity contribution in [1.82, 2.24) is 20.4 Å². The fraction of sp³-hybridized carbons (Fsp3) is 0.500. The highest BCUT2D eigenvalue weighted by Gasteiger charge is 2.26. The number of rotatable bonds is 8. The second kappa shape index (κ2) is 11.9. The van der Waals surface area contributed by atoms with Gasteiger partial charge in [0.2, 0.25) is 0 Å². The summed E-state index contributed by atoms with van der Waals surface area (Å²) < 4.78 is 31.9. The van der Waals surface area contributed by atoms with Gasteiger partial charge in [-0.15, -0.1) is 24.0 Å². The van der Waals surface area contributed by atoms with E-state index in [4.69, 9.17) is 0 Å². The zero-order valence-electron chi connectivity index (χ0n) is 17.2. The summed E-state index contributed by atoms with van der Waals surface area (Å²) in [4.78, 5) is 6.36.